The van der Waals surface area contributed by atoms with Crippen molar-refractivity contribution in [3.8, 4) is 0 Å². The number of nitrogen functional groups attached to an aromatic ring is 1. The topological polar surface area (TPSA) is 187 Å². The molecule has 1 aromatic carbocycles. The van der Waals surface area contributed by atoms with Gasteiger partial charge in [0.15, 0.2) is 0 Å². The van der Waals surface area contributed by atoms with E-state index in [9.17, 15) is 29.1 Å². The van der Waals surface area contributed by atoms with Crippen LogP contribution in [0, 0.1) is 0 Å². The molecule has 3 N–H and O–H groups in total. The van der Waals surface area contributed by atoms with Crippen molar-refractivity contribution in [1.82, 2.24) is 14.7 Å². The molecule has 0 aliphatic heterocycles. The first-order chi connectivity index (χ1) is 24.1. The van der Waals surface area contributed by atoms with Gasteiger partial charge in [-0.15, -0.1) is 0 Å². The standard InChI is InChI=1S/C38H64N4O11/c1-35(2,3)50-31(45)22-40(17-18-41(21-30(43)44)23-32(46)51-36(4,5)6)19-20-42(24-33(47)52-37(7,8)9)29(34(48)53-38(10,11)12)26-49-25-27-13-15-28(39)16-14-27/h13-16,29H,17-26,39H2,1-12H3,(H,43,44). The Morgan fingerprint density at radius 2 is 1.02 bits per heavy atom. The van der Waals surface area contributed by atoms with E-state index in [2.05, 4.69) is 0 Å². The third kappa shape index (κ3) is 23.5. The molecule has 1 rings (SSSR count). The number of carbonyl (C=O) groups is 5. The van der Waals surface area contributed by atoms with E-state index in [0.29, 0.717) is 5.69 Å². The summed E-state index contributed by atoms with van der Waals surface area (Å²) in [6.07, 6.45) is 0. The van der Waals surface area contributed by atoms with Crippen molar-refractivity contribution in [2.45, 2.75) is 118 Å². The van der Waals surface area contributed by atoms with Gasteiger partial charge >= 0.3 is 29.8 Å². The maximum atomic E-state index is 13.7. The normalized spacial score (nSPS) is 13.2. The molecule has 0 aromatic heterocycles. The molecule has 53 heavy (non-hydrogen) atoms. The second-order valence-electron chi connectivity index (χ2n) is 16.9. The van der Waals surface area contributed by atoms with E-state index in [-0.39, 0.29) is 59.0 Å². The molecule has 0 bridgehead atoms. The highest BCUT2D eigenvalue weighted by Crippen LogP contribution is 2.16. The van der Waals surface area contributed by atoms with Crippen LogP contribution in [0.1, 0.15) is 88.6 Å². The SMILES string of the molecule is CC(C)(C)OC(=O)CN(CCN(CC(=O)O)CC(=O)OC(C)(C)C)CCN(CC(=O)OC(C)(C)C)C(COCc1ccc(N)cc1)C(=O)OC(C)(C)C. The molecule has 0 spiro atoms. The molecule has 1 atom stereocenters. The summed E-state index contributed by atoms with van der Waals surface area (Å²) in [6, 6.07) is 6.03. The Morgan fingerprint density at radius 3 is 1.47 bits per heavy atom. The van der Waals surface area contributed by atoms with Crippen LogP contribution in [0.2, 0.25) is 0 Å². The zero-order chi connectivity index (χ0) is 40.8. The molecule has 1 unspecified atom stereocenters. The molecule has 0 aliphatic carbocycles. The van der Waals surface area contributed by atoms with Gasteiger partial charge in [0, 0.05) is 31.9 Å². The summed E-state index contributed by atoms with van der Waals surface area (Å²) in [5, 5.41) is 9.56. The van der Waals surface area contributed by atoms with Crippen molar-refractivity contribution in [3.05, 3.63) is 29.8 Å². The first kappa shape index (κ1) is 47.2. The highest BCUT2D eigenvalue weighted by molar-refractivity contribution is 5.78. The van der Waals surface area contributed by atoms with E-state index in [0.717, 1.165) is 5.56 Å². The van der Waals surface area contributed by atoms with Crippen LogP contribution in [0.4, 0.5) is 5.69 Å². The Bertz CT molecular complexity index is 1340. The maximum Gasteiger partial charge on any atom is 0.326 e. The number of carboxylic acids is 1. The van der Waals surface area contributed by atoms with E-state index >= 15 is 0 Å². The number of hydrogen-bond acceptors (Lipinski definition) is 14. The molecule has 0 aliphatic rings. The summed E-state index contributed by atoms with van der Waals surface area (Å²) in [5.41, 5.74) is 4.03. The van der Waals surface area contributed by atoms with Crippen molar-refractivity contribution in [2.75, 3.05) is 64.7 Å². The van der Waals surface area contributed by atoms with Crippen LogP contribution >= 0.6 is 0 Å². The minimum absolute atomic E-state index is 0.0577. The Morgan fingerprint density at radius 1 is 0.604 bits per heavy atom. The second-order valence-corrected chi connectivity index (χ2v) is 16.9. The minimum atomic E-state index is -1.14. The van der Waals surface area contributed by atoms with Crippen LogP contribution in [-0.4, -0.2) is 137 Å². The summed E-state index contributed by atoms with van der Waals surface area (Å²) in [4.78, 5) is 69.1. The second kappa shape index (κ2) is 20.6. The summed E-state index contributed by atoms with van der Waals surface area (Å²) in [7, 11) is 0. The monoisotopic (exact) mass is 752 g/mol. The van der Waals surface area contributed by atoms with Gasteiger partial charge in [-0.25, -0.2) is 0 Å². The molecule has 0 heterocycles. The number of carbonyl (C=O) groups excluding carboxylic acids is 4. The molecule has 0 radical (unpaired) electrons. The number of ether oxygens (including phenoxy) is 5. The van der Waals surface area contributed by atoms with Crippen molar-refractivity contribution in [1.29, 1.82) is 0 Å². The van der Waals surface area contributed by atoms with Crippen LogP contribution in [-0.2, 0) is 54.3 Å². The number of carboxylic acid groups (broad SMARTS) is 1. The molecule has 15 heteroatoms. The van der Waals surface area contributed by atoms with Crippen molar-refractivity contribution in [3.63, 3.8) is 0 Å². The number of nitrogens with zero attached hydrogens (tertiary/aromatic N) is 3. The molecular formula is C38H64N4O11. The number of aliphatic carboxylic acids is 1. The van der Waals surface area contributed by atoms with Crippen LogP contribution < -0.4 is 5.73 Å². The van der Waals surface area contributed by atoms with Gasteiger partial charge < -0.3 is 34.5 Å². The molecular weight excluding hydrogens is 688 g/mol. The fraction of sp³-hybridized carbons (Fsp3) is 0.711. The van der Waals surface area contributed by atoms with E-state index in [1.807, 2.05) is 0 Å². The van der Waals surface area contributed by atoms with E-state index in [4.69, 9.17) is 29.4 Å². The van der Waals surface area contributed by atoms with Gasteiger partial charge in [0.25, 0.3) is 0 Å². The molecule has 302 valence electrons. The molecule has 0 saturated heterocycles. The Labute approximate surface area is 315 Å². The van der Waals surface area contributed by atoms with Gasteiger partial charge in [0.1, 0.15) is 28.4 Å². The van der Waals surface area contributed by atoms with Gasteiger partial charge in [0.05, 0.1) is 39.4 Å². The van der Waals surface area contributed by atoms with Crippen LogP contribution in [0.15, 0.2) is 24.3 Å². The van der Waals surface area contributed by atoms with Crippen LogP contribution in [0.25, 0.3) is 0 Å². The number of hydrogen-bond donors (Lipinski definition) is 2. The summed E-state index contributed by atoms with van der Waals surface area (Å²) >= 11 is 0. The average Bonchev–Trinajstić information content (AvgIpc) is 2.92. The van der Waals surface area contributed by atoms with Gasteiger partial charge in [0.2, 0.25) is 0 Å². The lowest BCUT2D eigenvalue weighted by molar-refractivity contribution is -0.168. The van der Waals surface area contributed by atoms with Crippen LogP contribution in [0.5, 0.6) is 0 Å². The number of esters is 4. The molecule has 15 nitrogen and oxygen atoms in total. The first-order valence-corrected chi connectivity index (χ1v) is 17.8. The number of benzene rings is 1. The van der Waals surface area contributed by atoms with Crippen molar-refractivity contribution >= 4 is 35.5 Å². The van der Waals surface area contributed by atoms with Gasteiger partial charge in [-0.3, -0.25) is 38.7 Å². The number of nitrogens with two attached hydrogens (primary N) is 1. The predicted molar refractivity (Wildman–Crippen MR) is 200 cm³/mol. The Balaban J connectivity index is 3.45. The first-order valence-electron chi connectivity index (χ1n) is 17.8. The smallest absolute Gasteiger partial charge is 0.326 e. The van der Waals surface area contributed by atoms with E-state index in [1.165, 1.54) is 4.90 Å². The number of anilines is 1. The lowest BCUT2D eigenvalue weighted by atomic mass is 10.1. The summed E-state index contributed by atoms with van der Waals surface area (Å²) in [5.74, 6) is -3.49. The summed E-state index contributed by atoms with van der Waals surface area (Å²) in [6.45, 7) is 19.9. The Hall–Kier alpha value is -3.79. The van der Waals surface area contributed by atoms with Gasteiger partial charge in [-0.2, -0.15) is 0 Å². The molecule has 0 saturated carbocycles. The summed E-state index contributed by atoms with van der Waals surface area (Å²) < 4.78 is 28.4. The van der Waals surface area contributed by atoms with Crippen LogP contribution in [0.3, 0.4) is 0 Å². The fourth-order valence-electron chi connectivity index (χ4n) is 4.82. The third-order valence-corrected chi connectivity index (χ3v) is 6.74. The largest absolute Gasteiger partial charge is 0.480 e. The van der Waals surface area contributed by atoms with E-state index in [1.54, 1.807) is 117 Å². The highest BCUT2D eigenvalue weighted by Gasteiger charge is 2.34. The Kier molecular flexibility index (Phi) is 18.4. The van der Waals surface area contributed by atoms with Crippen molar-refractivity contribution in [2.24, 2.45) is 0 Å². The zero-order valence-electron chi connectivity index (χ0n) is 33.9. The maximum absolute atomic E-state index is 13.7. The highest BCUT2D eigenvalue weighted by atomic mass is 16.6. The minimum Gasteiger partial charge on any atom is -0.480 e. The quantitative estimate of drug-likeness (QED) is 0.112. The zero-order valence-corrected chi connectivity index (χ0v) is 33.9. The molecule has 0 amide bonds. The number of rotatable bonds is 20. The van der Waals surface area contributed by atoms with E-state index < -0.39 is 64.8 Å². The van der Waals surface area contributed by atoms with Crippen molar-refractivity contribution < 1.29 is 52.8 Å². The fourth-order valence-corrected chi connectivity index (χ4v) is 4.82. The molecule has 0 fully saturated rings. The van der Waals surface area contributed by atoms with Gasteiger partial charge in [-0.05, 0) is 101 Å². The lowest BCUT2D eigenvalue weighted by Gasteiger charge is -2.34. The van der Waals surface area contributed by atoms with Gasteiger partial charge in [-0.1, -0.05) is 12.1 Å². The third-order valence-electron chi connectivity index (χ3n) is 6.74. The average molecular weight is 753 g/mol. The predicted octanol–water partition coefficient (Wildman–Crippen LogP) is 3.51. The molecule has 1 aromatic rings. The lowest BCUT2D eigenvalue weighted by Crippen LogP contribution is -2.52.